The van der Waals surface area contributed by atoms with E-state index in [2.05, 4.69) is 10.4 Å². The highest BCUT2D eigenvalue weighted by Crippen LogP contribution is 2.18. The molecule has 1 heterocycles. The molecule has 1 N–H and O–H groups in total. The molecule has 1 atom stereocenters. The maximum absolute atomic E-state index is 13.1. The Labute approximate surface area is 163 Å². The molecule has 0 aliphatic carbocycles. The van der Waals surface area contributed by atoms with Gasteiger partial charge >= 0.3 is 0 Å². The Bertz CT molecular complexity index is 869. The zero-order valence-corrected chi connectivity index (χ0v) is 16.1. The van der Waals surface area contributed by atoms with Crippen LogP contribution in [0, 0.1) is 30.0 Å². The van der Waals surface area contributed by atoms with E-state index >= 15 is 0 Å². The Morgan fingerprint density at radius 1 is 1.32 bits per heavy atom. The highest BCUT2D eigenvalue weighted by atomic mass is 19.1. The number of halogens is 1. The largest absolute Gasteiger partial charge is 0.379 e. The van der Waals surface area contributed by atoms with Gasteiger partial charge in [-0.1, -0.05) is 0 Å². The third kappa shape index (κ3) is 5.24. The van der Waals surface area contributed by atoms with E-state index in [1.54, 1.807) is 13.0 Å². The number of Topliss-reactive ketones (excluding diaryl/α,β-unsaturated/α-hetero) is 1. The molecule has 0 aliphatic rings. The third-order valence-electron chi connectivity index (χ3n) is 4.07. The number of hydrogen-bond acceptors (Lipinski definition) is 5. The van der Waals surface area contributed by atoms with E-state index in [-0.39, 0.29) is 17.5 Å². The van der Waals surface area contributed by atoms with E-state index in [9.17, 15) is 19.2 Å². The summed E-state index contributed by atoms with van der Waals surface area (Å²) in [7, 11) is 0. The number of rotatable bonds is 9. The number of aromatic nitrogens is 2. The van der Waals surface area contributed by atoms with E-state index in [1.165, 1.54) is 35.1 Å². The highest BCUT2D eigenvalue weighted by Gasteiger charge is 2.30. The minimum atomic E-state index is -1.46. The first-order chi connectivity index (χ1) is 13.3. The summed E-state index contributed by atoms with van der Waals surface area (Å²) in [5, 5.41) is 16.0. The van der Waals surface area contributed by atoms with Crippen LogP contribution in [0.5, 0.6) is 0 Å². The summed E-state index contributed by atoms with van der Waals surface area (Å²) in [4.78, 5) is 24.9. The maximum atomic E-state index is 13.1. The average Bonchev–Trinajstić information content (AvgIpc) is 3.03. The third-order valence-corrected chi connectivity index (χ3v) is 4.07. The normalized spacial score (nSPS) is 11.9. The molecule has 7 nitrogen and oxygen atoms in total. The van der Waals surface area contributed by atoms with Gasteiger partial charge in [0.25, 0.3) is 0 Å². The molecule has 0 radical (unpaired) electrons. The van der Waals surface area contributed by atoms with E-state index in [0.29, 0.717) is 31.0 Å². The molecular weight excluding hydrogens is 363 g/mol. The van der Waals surface area contributed by atoms with Gasteiger partial charge in [-0.05, 0) is 51.5 Å². The van der Waals surface area contributed by atoms with Crippen molar-refractivity contribution in [1.29, 1.82) is 5.26 Å². The summed E-state index contributed by atoms with van der Waals surface area (Å²) >= 11 is 0. The molecule has 148 valence electrons. The number of benzene rings is 1. The van der Waals surface area contributed by atoms with Crippen LogP contribution >= 0.6 is 0 Å². The van der Waals surface area contributed by atoms with Gasteiger partial charge in [0.2, 0.25) is 5.91 Å². The van der Waals surface area contributed by atoms with Crippen LogP contribution in [0.15, 0.2) is 30.5 Å². The van der Waals surface area contributed by atoms with E-state index in [4.69, 9.17) is 4.74 Å². The van der Waals surface area contributed by atoms with Crippen molar-refractivity contribution in [2.45, 2.75) is 33.3 Å². The molecule has 1 aromatic heterocycles. The quantitative estimate of drug-likeness (QED) is 0.406. The predicted octanol–water partition coefficient (Wildman–Crippen LogP) is 2.57. The van der Waals surface area contributed by atoms with E-state index < -0.39 is 17.6 Å². The second kappa shape index (κ2) is 9.76. The fraction of sp³-hybridized carbons (Fsp3) is 0.400. The van der Waals surface area contributed by atoms with Crippen molar-refractivity contribution in [1.82, 2.24) is 15.1 Å². The van der Waals surface area contributed by atoms with Crippen molar-refractivity contribution >= 4 is 11.7 Å². The van der Waals surface area contributed by atoms with Gasteiger partial charge < -0.3 is 10.1 Å². The fourth-order valence-corrected chi connectivity index (χ4v) is 2.59. The van der Waals surface area contributed by atoms with Crippen LogP contribution in [-0.4, -0.2) is 40.7 Å². The summed E-state index contributed by atoms with van der Waals surface area (Å²) in [6, 6.07) is 7.38. The lowest BCUT2D eigenvalue weighted by Gasteiger charge is -2.11. The van der Waals surface area contributed by atoms with Crippen molar-refractivity contribution in [3.63, 3.8) is 0 Å². The molecular formula is C20H23FN4O3. The summed E-state index contributed by atoms with van der Waals surface area (Å²) in [5.41, 5.74) is 1.21. The Balaban J connectivity index is 2.06. The molecule has 0 aliphatic heterocycles. The smallest absolute Gasteiger partial charge is 0.245 e. The first-order valence-electron chi connectivity index (χ1n) is 8.98. The van der Waals surface area contributed by atoms with Crippen LogP contribution in [0.2, 0.25) is 0 Å². The number of carbonyl (C=O) groups excluding carboxylic acids is 2. The number of nitriles is 1. The van der Waals surface area contributed by atoms with Crippen LogP contribution in [-0.2, 0) is 9.53 Å². The first kappa shape index (κ1) is 21.3. The Hall–Kier alpha value is -3.05. The van der Waals surface area contributed by atoms with Crippen LogP contribution in [0.4, 0.5) is 4.39 Å². The van der Waals surface area contributed by atoms with Crippen molar-refractivity contribution in [3.05, 3.63) is 47.5 Å². The van der Waals surface area contributed by atoms with E-state index in [1.807, 2.05) is 13.8 Å². The molecule has 2 aromatic rings. The van der Waals surface area contributed by atoms with Gasteiger partial charge in [0.05, 0.1) is 35.3 Å². The Morgan fingerprint density at radius 3 is 2.61 bits per heavy atom. The van der Waals surface area contributed by atoms with Crippen molar-refractivity contribution in [2.75, 3.05) is 13.2 Å². The fourth-order valence-electron chi connectivity index (χ4n) is 2.59. The van der Waals surface area contributed by atoms with Crippen LogP contribution < -0.4 is 5.32 Å². The van der Waals surface area contributed by atoms with Gasteiger partial charge in [0.15, 0.2) is 11.7 Å². The summed E-state index contributed by atoms with van der Waals surface area (Å²) < 4.78 is 19.9. The minimum Gasteiger partial charge on any atom is -0.379 e. The van der Waals surface area contributed by atoms with Gasteiger partial charge in [-0.15, -0.1) is 0 Å². The number of nitrogens with one attached hydrogen (secondary N) is 1. The molecule has 0 fully saturated rings. The topological polar surface area (TPSA) is 97.0 Å². The van der Waals surface area contributed by atoms with Crippen LogP contribution in [0.3, 0.4) is 0 Å². The van der Waals surface area contributed by atoms with Crippen molar-refractivity contribution < 1.29 is 18.7 Å². The lowest BCUT2D eigenvalue weighted by Crippen LogP contribution is -2.35. The predicted molar refractivity (Wildman–Crippen MR) is 100 cm³/mol. The Morgan fingerprint density at radius 2 is 2.00 bits per heavy atom. The van der Waals surface area contributed by atoms with E-state index in [0.717, 1.165) is 0 Å². The Kier molecular flexibility index (Phi) is 7.41. The van der Waals surface area contributed by atoms with Crippen LogP contribution in [0.25, 0.3) is 5.69 Å². The summed E-state index contributed by atoms with van der Waals surface area (Å²) in [6.07, 6.45) is 2.00. The molecule has 1 amide bonds. The first-order valence-corrected chi connectivity index (χ1v) is 8.98. The maximum Gasteiger partial charge on any atom is 0.245 e. The van der Waals surface area contributed by atoms with Gasteiger partial charge in [-0.2, -0.15) is 10.4 Å². The number of carbonyl (C=O) groups is 2. The zero-order valence-electron chi connectivity index (χ0n) is 16.1. The number of hydrogen-bond donors (Lipinski definition) is 1. The number of nitrogens with zero attached hydrogens (tertiary/aromatic N) is 3. The lowest BCUT2D eigenvalue weighted by atomic mass is 9.98. The van der Waals surface area contributed by atoms with Gasteiger partial charge in [0.1, 0.15) is 5.82 Å². The lowest BCUT2D eigenvalue weighted by molar-refractivity contribution is -0.122. The second-order valence-electron chi connectivity index (χ2n) is 6.52. The van der Waals surface area contributed by atoms with Gasteiger partial charge in [-0.3, -0.25) is 9.59 Å². The minimum absolute atomic E-state index is 0.102. The summed E-state index contributed by atoms with van der Waals surface area (Å²) in [6.45, 7) is 6.27. The second-order valence-corrected chi connectivity index (χ2v) is 6.52. The zero-order chi connectivity index (χ0) is 20.7. The van der Waals surface area contributed by atoms with Gasteiger partial charge in [0, 0.05) is 13.2 Å². The molecule has 0 saturated carbocycles. The molecule has 1 unspecified atom stereocenters. The van der Waals surface area contributed by atoms with Crippen molar-refractivity contribution in [3.8, 4) is 11.8 Å². The van der Waals surface area contributed by atoms with Gasteiger partial charge in [-0.25, -0.2) is 9.07 Å². The average molecular weight is 386 g/mol. The molecule has 2 rings (SSSR count). The highest BCUT2D eigenvalue weighted by molar-refractivity contribution is 6.12. The van der Waals surface area contributed by atoms with Crippen LogP contribution in [0.1, 0.15) is 36.3 Å². The molecule has 0 saturated heterocycles. The standard InChI is InChI=1S/C20H23FN4O3/c1-13(2)28-10-4-9-23-20(27)17(11-22)19(26)18-12-24-25(14(18)3)16-7-5-15(21)6-8-16/h5-8,12-13,17H,4,9-10H2,1-3H3,(H,23,27). The molecule has 0 spiro atoms. The van der Waals surface area contributed by atoms with Crippen molar-refractivity contribution in [2.24, 2.45) is 5.92 Å². The molecule has 8 heteroatoms. The summed E-state index contributed by atoms with van der Waals surface area (Å²) in [5.74, 6) is -3.12. The molecule has 1 aromatic carbocycles. The molecule has 0 bridgehead atoms. The molecule has 28 heavy (non-hydrogen) atoms. The number of ketones is 1. The monoisotopic (exact) mass is 386 g/mol. The number of ether oxygens (including phenoxy) is 1. The SMILES string of the molecule is Cc1c(C(=O)C(C#N)C(=O)NCCCOC(C)C)cnn1-c1ccc(F)cc1. The number of amides is 1.